The first-order chi connectivity index (χ1) is 13.1. The second kappa shape index (κ2) is 5.44. The summed E-state index contributed by atoms with van der Waals surface area (Å²) in [7, 11) is 0. The third-order valence-electron chi connectivity index (χ3n) is 10.4. The number of aryl methyl sites for hydroxylation is 1. The fourth-order valence-corrected chi connectivity index (χ4v) is 12.2. The summed E-state index contributed by atoms with van der Waals surface area (Å²) in [5.41, 5.74) is 2.92. The van der Waals surface area contributed by atoms with Crippen molar-refractivity contribution < 1.29 is 0 Å². The summed E-state index contributed by atoms with van der Waals surface area (Å²) in [6.07, 6.45) is 19.2. The predicted octanol–water partition coefficient (Wildman–Crippen LogP) is 7.57. The lowest BCUT2D eigenvalue weighted by atomic mass is 9.38. The van der Waals surface area contributed by atoms with Gasteiger partial charge in [0.2, 0.25) is 0 Å². The van der Waals surface area contributed by atoms with Gasteiger partial charge in [0.25, 0.3) is 0 Å². The maximum Gasteiger partial charge on any atom is 0.00900 e. The topological polar surface area (TPSA) is 0 Å². The highest BCUT2D eigenvalue weighted by Gasteiger charge is 2.63. The zero-order valence-electron chi connectivity index (χ0n) is 17.1. The Balaban J connectivity index is 1.37. The van der Waals surface area contributed by atoms with Crippen LogP contribution in [0.1, 0.15) is 93.4 Å². The van der Waals surface area contributed by atoms with Crippen molar-refractivity contribution in [2.24, 2.45) is 46.3 Å². The fourth-order valence-electron chi connectivity index (χ4n) is 10.9. The van der Waals surface area contributed by atoms with Crippen molar-refractivity contribution in [3.63, 3.8) is 0 Å². The van der Waals surface area contributed by atoms with E-state index in [-0.39, 0.29) is 0 Å². The first-order valence-corrected chi connectivity index (χ1v) is 13.0. The molecule has 0 aliphatic heterocycles. The largest absolute Gasteiger partial charge is 0.148 e. The molecule has 27 heavy (non-hydrogen) atoms. The number of rotatable bonds is 3. The van der Waals surface area contributed by atoms with E-state index in [9.17, 15) is 0 Å². The van der Waals surface area contributed by atoms with Crippen molar-refractivity contribution >= 4 is 11.3 Å². The Morgan fingerprint density at radius 3 is 1.37 bits per heavy atom. The van der Waals surface area contributed by atoms with Crippen molar-refractivity contribution in [1.82, 2.24) is 0 Å². The molecular formula is C26H36S. The molecule has 8 aliphatic carbocycles. The summed E-state index contributed by atoms with van der Waals surface area (Å²) >= 11 is 2.16. The van der Waals surface area contributed by atoms with Crippen molar-refractivity contribution in [2.75, 3.05) is 0 Å². The predicted molar refractivity (Wildman–Crippen MR) is 113 cm³/mol. The second-order valence-electron chi connectivity index (χ2n) is 12.5. The minimum absolute atomic E-state index is 0.692. The minimum Gasteiger partial charge on any atom is -0.148 e. The molecule has 8 saturated carbocycles. The van der Waals surface area contributed by atoms with Gasteiger partial charge in [-0.2, -0.15) is 0 Å². The van der Waals surface area contributed by atoms with Gasteiger partial charge in [-0.05, 0) is 147 Å². The number of thiophene rings is 1. The average molecular weight is 381 g/mol. The van der Waals surface area contributed by atoms with E-state index in [0.29, 0.717) is 10.8 Å². The lowest BCUT2D eigenvalue weighted by Crippen LogP contribution is -2.56. The highest BCUT2D eigenvalue weighted by atomic mass is 32.1. The molecule has 146 valence electrons. The molecule has 1 heteroatoms. The molecule has 0 saturated heterocycles. The van der Waals surface area contributed by atoms with Crippen molar-refractivity contribution in [2.45, 2.75) is 89.9 Å². The van der Waals surface area contributed by atoms with E-state index in [0.717, 1.165) is 41.4 Å². The van der Waals surface area contributed by atoms with Crippen molar-refractivity contribution in [3.05, 3.63) is 21.9 Å². The second-order valence-corrected chi connectivity index (χ2v) is 13.5. The first-order valence-electron chi connectivity index (χ1n) is 12.1. The third kappa shape index (κ3) is 2.33. The maximum absolute atomic E-state index is 2.65. The maximum atomic E-state index is 2.65. The number of hydrogen-bond acceptors (Lipinski definition) is 1. The SMILES string of the molecule is Cc1csc(C(C23CC4CC(CC(C4)C2)C3)C23CC4CC(CC(C4)C2)C3)c1. The Morgan fingerprint density at radius 2 is 1.07 bits per heavy atom. The molecule has 0 radical (unpaired) electrons. The molecule has 8 fully saturated rings. The standard InChI is InChI=1S/C26H36S/c1-16-2-23(27-15-16)24(25-9-17-3-18(10-25)5-19(4-17)11-25)26-12-20-6-21(13-26)8-22(7-20)14-26/h2,15,17-22,24H,3-14H2,1H3. The van der Waals surface area contributed by atoms with E-state index in [4.69, 9.17) is 0 Å². The molecular weight excluding hydrogens is 344 g/mol. The molecule has 9 rings (SSSR count). The van der Waals surface area contributed by atoms with Gasteiger partial charge < -0.3 is 0 Å². The summed E-state index contributed by atoms with van der Waals surface area (Å²) in [5.74, 6) is 7.47. The van der Waals surface area contributed by atoms with Gasteiger partial charge in [-0.1, -0.05) is 0 Å². The van der Waals surface area contributed by atoms with E-state index in [1.54, 1.807) is 77.0 Å². The Morgan fingerprint density at radius 1 is 0.704 bits per heavy atom. The van der Waals surface area contributed by atoms with Crippen LogP contribution in [0.25, 0.3) is 0 Å². The average Bonchev–Trinajstić information content (AvgIpc) is 2.97. The van der Waals surface area contributed by atoms with Crippen LogP contribution in [-0.2, 0) is 0 Å². The van der Waals surface area contributed by atoms with E-state index < -0.39 is 0 Å². The van der Waals surface area contributed by atoms with Gasteiger partial charge in [-0.3, -0.25) is 0 Å². The van der Waals surface area contributed by atoms with Gasteiger partial charge in [0.15, 0.2) is 0 Å². The summed E-state index contributed by atoms with van der Waals surface area (Å²) in [5, 5.41) is 2.48. The molecule has 0 amide bonds. The normalized spacial score (nSPS) is 53.2. The monoisotopic (exact) mass is 380 g/mol. The lowest BCUT2D eigenvalue weighted by Gasteiger charge is -2.67. The smallest absolute Gasteiger partial charge is 0.00900 e. The number of hydrogen-bond donors (Lipinski definition) is 0. The summed E-state index contributed by atoms with van der Waals surface area (Å²) in [6.45, 7) is 2.34. The molecule has 1 heterocycles. The molecule has 0 atom stereocenters. The van der Waals surface area contributed by atoms with Crippen molar-refractivity contribution in [3.8, 4) is 0 Å². The van der Waals surface area contributed by atoms with Crippen LogP contribution < -0.4 is 0 Å². The van der Waals surface area contributed by atoms with Gasteiger partial charge in [0, 0.05) is 10.8 Å². The lowest BCUT2D eigenvalue weighted by molar-refractivity contribution is -0.143. The molecule has 0 aromatic carbocycles. The van der Waals surface area contributed by atoms with Gasteiger partial charge in [-0.25, -0.2) is 0 Å². The Labute approximate surface area is 169 Å². The summed E-state index contributed by atoms with van der Waals surface area (Å²) < 4.78 is 0. The quantitative estimate of drug-likeness (QED) is 0.507. The van der Waals surface area contributed by atoms with Crippen LogP contribution in [0.4, 0.5) is 0 Å². The zero-order chi connectivity index (χ0) is 17.8. The van der Waals surface area contributed by atoms with Gasteiger partial charge >= 0.3 is 0 Å². The van der Waals surface area contributed by atoms with Gasteiger partial charge in [0.05, 0.1) is 0 Å². The summed E-state index contributed by atoms with van der Waals surface area (Å²) in [4.78, 5) is 1.83. The molecule has 1 aromatic rings. The van der Waals surface area contributed by atoms with Crippen LogP contribution in [0.3, 0.4) is 0 Å². The van der Waals surface area contributed by atoms with Crippen LogP contribution in [0.2, 0.25) is 0 Å². The highest BCUT2D eigenvalue weighted by Crippen LogP contribution is 2.74. The minimum atomic E-state index is 0.692. The molecule has 0 unspecified atom stereocenters. The third-order valence-corrected chi connectivity index (χ3v) is 11.5. The zero-order valence-corrected chi connectivity index (χ0v) is 17.9. The molecule has 8 aliphatic rings. The van der Waals surface area contributed by atoms with Crippen LogP contribution >= 0.6 is 11.3 Å². The van der Waals surface area contributed by atoms with E-state index in [1.165, 1.54) is 5.56 Å². The van der Waals surface area contributed by atoms with Crippen LogP contribution in [0, 0.1) is 53.3 Å². The fraction of sp³-hybridized carbons (Fsp3) is 0.846. The molecule has 0 N–H and O–H groups in total. The Bertz CT molecular complexity index is 639. The molecule has 1 aromatic heterocycles. The Hall–Kier alpha value is -0.300. The van der Waals surface area contributed by atoms with Crippen LogP contribution in [0.15, 0.2) is 11.4 Å². The van der Waals surface area contributed by atoms with E-state index >= 15 is 0 Å². The van der Waals surface area contributed by atoms with Gasteiger partial charge in [-0.15, -0.1) is 11.3 Å². The molecule has 8 bridgehead atoms. The Kier molecular flexibility index (Phi) is 3.32. The summed E-state index contributed by atoms with van der Waals surface area (Å²) in [6, 6.07) is 2.65. The highest BCUT2D eigenvalue weighted by molar-refractivity contribution is 7.10. The first kappa shape index (κ1) is 16.5. The van der Waals surface area contributed by atoms with E-state index in [2.05, 4.69) is 29.7 Å². The van der Waals surface area contributed by atoms with Gasteiger partial charge in [0.1, 0.15) is 0 Å². The van der Waals surface area contributed by atoms with E-state index in [1.807, 2.05) is 4.88 Å². The van der Waals surface area contributed by atoms with Crippen LogP contribution in [-0.4, -0.2) is 0 Å². The molecule has 0 spiro atoms. The van der Waals surface area contributed by atoms with Crippen LogP contribution in [0.5, 0.6) is 0 Å². The molecule has 0 nitrogen and oxygen atoms in total. The van der Waals surface area contributed by atoms with Crippen molar-refractivity contribution in [1.29, 1.82) is 0 Å².